The predicted molar refractivity (Wildman–Crippen MR) is 106 cm³/mol. The lowest BCUT2D eigenvalue weighted by Gasteiger charge is -2.39. The van der Waals surface area contributed by atoms with Crippen molar-refractivity contribution in [1.29, 1.82) is 0 Å². The van der Waals surface area contributed by atoms with Crippen LogP contribution in [-0.2, 0) is 4.79 Å². The number of piperidine rings is 1. The van der Waals surface area contributed by atoms with Gasteiger partial charge in [-0.15, -0.1) is 24.2 Å². The molecular weight excluding hydrogens is 372 g/mol. The number of amides is 1. The summed E-state index contributed by atoms with van der Waals surface area (Å²) < 4.78 is 11.2. The SMILES string of the molecule is Cl.O=C(CCSc1ccc2c(c1)OCCO2)N1CCC2(CCNC2)CC1. The second-order valence-electron chi connectivity index (χ2n) is 7.21. The zero-order chi connectivity index (χ0) is 17.1. The minimum Gasteiger partial charge on any atom is -0.486 e. The first-order valence-electron chi connectivity index (χ1n) is 9.25. The molecule has 0 radical (unpaired) electrons. The number of halogens is 1. The number of hydrogen-bond acceptors (Lipinski definition) is 5. The Hall–Kier alpha value is -1.11. The largest absolute Gasteiger partial charge is 0.486 e. The summed E-state index contributed by atoms with van der Waals surface area (Å²) in [4.78, 5) is 15.7. The highest BCUT2D eigenvalue weighted by Crippen LogP contribution is 2.37. The third-order valence-corrected chi connectivity index (χ3v) is 6.60. The summed E-state index contributed by atoms with van der Waals surface area (Å²) in [6.45, 7) is 5.34. The molecule has 0 aliphatic carbocycles. The number of fused-ring (bicyclic) bond motifs is 1. The second kappa shape index (κ2) is 8.72. The van der Waals surface area contributed by atoms with Gasteiger partial charge in [0, 0.05) is 36.7 Å². The quantitative estimate of drug-likeness (QED) is 0.790. The summed E-state index contributed by atoms with van der Waals surface area (Å²) in [5.74, 6) is 2.73. The van der Waals surface area contributed by atoms with Gasteiger partial charge in [-0.3, -0.25) is 4.79 Å². The van der Waals surface area contributed by atoms with Crippen LogP contribution < -0.4 is 14.8 Å². The molecule has 0 aromatic heterocycles. The van der Waals surface area contributed by atoms with E-state index in [1.807, 2.05) is 18.2 Å². The molecule has 1 amide bonds. The molecular formula is C19H27ClN2O3S. The van der Waals surface area contributed by atoms with E-state index < -0.39 is 0 Å². The third-order valence-electron chi connectivity index (χ3n) is 5.61. The topological polar surface area (TPSA) is 50.8 Å². The maximum Gasteiger partial charge on any atom is 0.223 e. The van der Waals surface area contributed by atoms with Gasteiger partial charge in [0.15, 0.2) is 11.5 Å². The molecule has 0 atom stereocenters. The fourth-order valence-corrected chi connectivity index (χ4v) is 4.85. The van der Waals surface area contributed by atoms with Crippen LogP contribution in [0.3, 0.4) is 0 Å². The van der Waals surface area contributed by atoms with Crippen LogP contribution in [0.2, 0.25) is 0 Å². The molecule has 2 fully saturated rings. The lowest BCUT2D eigenvalue weighted by atomic mass is 9.78. The van der Waals surface area contributed by atoms with Gasteiger partial charge in [0.25, 0.3) is 0 Å². The van der Waals surface area contributed by atoms with Crippen LogP contribution in [0.4, 0.5) is 0 Å². The molecule has 3 aliphatic heterocycles. The number of nitrogens with one attached hydrogen (secondary N) is 1. The van der Waals surface area contributed by atoms with Gasteiger partial charge in [-0.1, -0.05) is 0 Å². The first kappa shape index (κ1) is 19.6. The van der Waals surface area contributed by atoms with E-state index in [0.29, 0.717) is 31.0 Å². The highest BCUT2D eigenvalue weighted by atomic mass is 35.5. The van der Waals surface area contributed by atoms with Crippen LogP contribution in [0.5, 0.6) is 11.5 Å². The van der Waals surface area contributed by atoms with Crippen LogP contribution in [0.25, 0.3) is 0 Å². The molecule has 0 saturated carbocycles. The van der Waals surface area contributed by atoms with E-state index >= 15 is 0 Å². The van der Waals surface area contributed by atoms with Gasteiger partial charge in [-0.05, 0) is 49.4 Å². The van der Waals surface area contributed by atoms with Crippen molar-refractivity contribution in [3.8, 4) is 11.5 Å². The van der Waals surface area contributed by atoms with Crippen LogP contribution in [0.1, 0.15) is 25.7 Å². The van der Waals surface area contributed by atoms with Crippen LogP contribution in [0.15, 0.2) is 23.1 Å². The van der Waals surface area contributed by atoms with Crippen LogP contribution in [0, 0.1) is 5.41 Å². The molecule has 4 rings (SSSR count). The minimum absolute atomic E-state index is 0. The molecule has 5 nitrogen and oxygen atoms in total. The predicted octanol–water partition coefficient (Wildman–Crippen LogP) is 2.96. The molecule has 144 valence electrons. The number of carbonyl (C=O) groups is 1. The fraction of sp³-hybridized carbons (Fsp3) is 0.632. The van der Waals surface area contributed by atoms with Crippen LogP contribution >= 0.6 is 24.2 Å². The fourth-order valence-electron chi connectivity index (χ4n) is 3.98. The Balaban J connectivity index is 0.00000196. The minimum atomic E-state index is 0. The number of benzene rings is 1. The zero-order valence-electron chi connectivity index (χ0n) is 15.0. The van der Waals surface area contributed by atoms with Crippen molar-refractivity contribution in [1.82, 2.24) is 10.2 Å². The molecule has 0 bridgehead atoms. The van der Waals surface area contributed by atoms with Gasteiger partial charge in [0.1, 0.15) is 13.2 Å². The summed E-state index contributed by atoms with van der Waals surface area (Å²) in [6.07, 6.45) is 4.18. The van der Waals surface area contributed by atoms with Crippen molar-refractivity contribution in [2.45, 2.75) is 30.6 Å². The smallest absolute Gasteiger partial charge is 0.223 e. The molecule has 1 aromatic carbocycles. The highest BCUT2D eigenvalue weighted by molar-refractivity contribution is 7.99. The first-order chi connectivity index (χ1) is 12.2. The molecule has 0 unspecified atom stereocenters. The molecule has 26 heavy (non-hydrogen) atoms. The lowest BCUT2D eigenvalue weighted by Crippen LogP contribution is -2.44. The van der Waals surface area contributed by atoms with E-state index in [0.717, 1.165) is 61.2 Å². The summed E-state index contributed by atoms with van der Waals surface area (Å²) in [5, 5.41) is 3.47. The number of rotatable bonds is 4. The monoisotopic (exact) mass is 398 g/mol. The Morgan fingerprint density at radius 3 is 2.65 bits per heavy atom. The van der Waals surface area contributed by atoms with Crippen LogP contribution in [-0.4, -0.2) is 56.0 Å². The summed E-state index contributed by atoms with van der Waals surface area (Å²) >= 11 is 1.71. The van der Waals surface area contributed by atoms with Crippen molar-refractivity contribution in [3.05, 3.63) is 18.2 Å². The number of nitrogens with zero attached hydrogens (tertiary/aromatic N) is 1. The van der Waals surface area contributed by atoms with Crippen molar-refractivity contribution >= 4 is 30.1 Å². The average Bonchev–Trinajstić information content (AvgIpc) is 3.10. The number of thioether (sulfide) groups is 1. The van der Waals surface area contributed by atoms with Gasteiger partial charge in [-0.25, -0.2) is 0 Å². The number of ether oxygens (including phenoxy) is 2. The normalized spacial score (nSPS) is 20.7. The summed E-state index contributed by atoms with van der Waals surface area (Å²) in [6, 6.07) is 6.01. The second-order valence-corrected chi connectivity index (χ2v) is 8.38. The Kier molecular flexibility index (Phi) is 6.59. The van der Waals surface area contributed by atoms with E-state index in [9.17, 15) is 4.79 Å². The van der Waals surface area contributed by atoms with Crippen molar-refractivity contribution in [2.24, 2.45) is 5.41 Å². The van der Waals surface area contributed by atoms with Crippen molar-refractivity contribution in [2.75, 3.05) is 45.1 Å². The Labute approximate surface area is 165 Å². The van der Waals surface area contributed by atoms with E-state index in [2.05, 4.69) is 10.2 Å². The van der Waals surface area contributed by atoms with Gasteiger partial charge in [0.05, 0.1) is 0 Å². The van der Waals surface area contributed by atoms with Gasteiger partial charge >= 0.3 is 0 Å². The standard InChI is InChI=1S/C19H26N2O3S.ClH/c22-18(21-8-5-19(6-9-21)4-7-20-14-19)3-12-25-15-1-2-16-17(13-15)24-11-10-23-16;/h1-2,13,20H,3-12,14H2;1H. The number of carbonyl (C=O) groups excluding carboxylic acids is 1. The van der Waals surface area contributed by atoms with Crippen molar-refractivity contribution in [3.63, 3.8) is 0 Å². The molecule has 1 spiro atoms. The van der Waals surface area contributed by atoms with E-state index in [-0.39, 0.29) is 12.4 Å². The van der Waals surface area contributed by atoms with E-state index in [4.69, 9.17) is 9.47 Å². The lowest BCUT2D eigenvalue weighted by molar-refractivity contribution is -0.132. The summed E-state index contributed by atoms with van der Waals surface area (Å²) in [5.41, 5.74) is 0.469. The van der Waals surface area contributed by atoms with Gasteiger partial charge in [-0.2, -0.15) is 0 Å². The van der Waals surface area contributed by atoms with Crippen molar-refractivity contribution < 1.29 is 14.3 Å². The Morgan fingerprint density at radius 2 is 1.92 bits per heavy atom. The maximum atomic E-state index is 12.5. The molecule has 7 heteroatoms. The first-order valence-corrected chi connectivity index (χ1v) is 10.2. The Morgan fingerprint density at radius 1 is 1.15 bits per heavy atom. The zero-order valence-corrected chi connectivity index (χ0v) is 16.6. The molecule has 2 saturated heterocycles. The molecule has 3 aliphatic rings. The van der Waals surface area contributed by atoms with E-state index in [1.54, 1.807) is 11.8 Å². The Bertz CT molecular complexity index is 627. The van der Waals surface area contributed by atoms with Gasteiger partial charge < -0.3 is 19.7 Å². The molecule has 3 heterocycles. The summed E-state index contributed by atoms with van der Waals surface area (Å²) in [7, 11) is 0. The number of hydrogen-bond donors (Lipinski definition) is 1. The third kappa shape index (κ3) is 4.41. The average molecular weight is 399 g/mol. The highest BCUT2D eigenvalue weighted by Gasteiger charge is 2.37. The van der Waals surface area contributed by atoms with Gasteiger partial charge in [0.2, 0.25) is 5.91 Å². The molecule has 1 aromatic rings. The maximum absolute atomic E-state index is 12.5. The van der Waals surface area contributed by atoms with E-state index in [1.165, 1.54) is 6.42 Å². The number of likely N-dealkylation sites (tertiary alicyclic amines) is 1. The molecule has 1 N–H and O–H groups in total.